The van der Waals surface area contributed by atoms with Gasteiger partial charge in [0.1, 0.15) is 5.82 Å². The summed E-state index contributed by atoms with van der Waals surface area (Å²) in [5, 5.41) is 3.12. The first-order valence-electron chi connectivity index (χ1n) is 5.34. The number of pyridine rings is 1. The Labute approximate surface area is 99.5 Å². The molecule has 0 saturated heterocycles. The summed E-state index contributed by atoms with van der Waals surface area (Å²) >= 11 is 0. The van der Waals surface area contributed by atoms with Crippen LogP contribution in [0.25, 0.3) is 0 Å². The Kier molecular flexibility index (Phi) is 3.35. The van der Waals surface area contributed by atoms with Gasteiger partial charge in [0.25, 0.3) is 0 Å². The Morgan fingerprint density at radius 3 is 2.82 bits per heavy atom. The summed E-state index contributed by atoms with van der Waals surface area (Å²) in [7, 11) is 1.81. The lowest BCUT2D eigenvalue weighted by atomic mass is 9.99. The van der Waals surface area contributed by atoms with Crippen LogP contribution in [0.15, 0.2) is 42.7 Å². The number of hydrogen-bond donors (Lipinski definition) is 2. The van der Waals surface area contributed by atoms with Gasteiger partial charge >= 0.3 is 0 Å². The standard InChI is InChI=1S/C13H14FN3/c1-16-13(9-3-2-4-10(14)7-9)11-8-17-6-5-12(11)15/h2-8,13,16H,1H3,(H2,15,17). The number of rotatable bonds is 3. The van der Waals surface area contributed by atoms with Crippen LogP contribution in [0.2, 0.25) is 0 Å². The van der Waals surface area contributed by atoms with Crippen LogP contribution in [-0.2, 0) is 0 Å². The lowest BCUT2D eigenvalue weighted by Crippen LogP contribution is -2.19. The molecule has 1 heterocycles. The molecule has 0 spiro atoms. The fourth-order valence-electron chi connectivity index (χ4n) is 1.85. The van der Waals surface area contributed by atoms with E-state index < -0.39 is 0 Å². The van der Waals surface area contributed by atoms with E-state index in [0.29, 0.717) is 5.69 Å². The van der Waals surface area contributed by atoms with E-state index >= 15 is 0 Å². The van der Waals surface area contributed by atoms with Crippen LogP contribution in [-0.4, -0.2) is 12.0 Å². The van der Waals surface area contributed by atoms with Crippen LogP contribution < -0.4 is 11.1 Å². The fraction of sp³-hybridized carbons (Fsp3) is 0.154. The van der Waals surface area contributed by atoms with Gasteiger partial charge in [-0.3, -0.25) is 4.98 Å². The number of nitrogens with zero attached hydrogens (tertiary/aromatic N) is 1. The predicted octanol–water partition coefficient (Wildman–Crippen LogP) is 2.11. The van der Waals surface area contributed by atoms with Gasteiger partial charge in [-0.05, 0) is 30.8 Å². The van der Waals surface area contributed by atoms with E-state index in [1.54, 1.807) is 24.5 Å². The quantitative estimate of drug-likeness (QED) is 0.850. The number of nitrogen functional groups attached to an aromatic ring is 1. The van der Waals surface area contributed by atoms with Gasteiger partial charge < -0.3 is 11.1 Å². The summed E-state index contributed by atoms with van der Waals surface area (Å²) < 4.78 is 13.2. The van der Waals surface area contributed by atoms with E-state index in [2.05, 4.69) is 10.3 Å². The Morgan fingerprint density at radius 1 is 1.35 bits per heavy atom. The van der Waals surface area contributed by atoms with E-state index in [4.69, 9.17) is 5.73 Å². The summed E-state index contributed by atoms with van der Waals surface area (Å²) in [6.45, 7) is 0. The van der Waals surface area contributed by atoms with Crippen LogP contribution in [0.3, 0.4) is 0 Å². The van der Waals surface area contributed by atoms with Crippen molar-refractivity contribution >= 4 is 5.69 Å². The van der Waals surface area contributed by atoms with Crippen molar-refractivity contribution in [1.29, 1.82) is 0 Å². The number of nitrogens with two attached hydrogens (primary N) is 1. The van der Waals surface area contributed by atoms with Crippen molar-refractivity contribution in [3.63, 3.8) is 0 Å². The lowest BCUT2D eigenvalue weighted by molar-refractivity contribution is 0.616. The van der Waals surface area contributed by atoms with Crippen LogP contribution in [0.1, 0.15) is 17.2 Å². The molecule has 0 aliphatic rings. The van der Waals surface area contributed by atoms with Crippen molar-refractivity contribution in [2.75, 3.05) is 12.8 Å². The molecule has 0 fully saturated rings. The smallest absolute Gasteiger partial charge is 0.123 e. The normalized spacial score (nSPS) is 12.4. The first-order valence-corrected chi connectivity index (χ1v) is 5.34. The number of halogens is 1. The number of anilines is 1. The molecule has 0 aliphatic heterocycles. The maximum absolute atomic E-state index is 13.2. The van der Waals surface area contributed by atoms with E-state index in [9.17, 15) is 4.39 Å². The van der Waals surface area contributed by atoms with E-state index in [-0.39, 0.29) is 11.9 Å². The predicted molar refractivity (Wildman–Crippen MR) is 66.0 cm³/mol. The molecule has 0 aliphatic carbocycles. The van der Waals surface area contributed by atoms with Crippen molar-refractivity contribution in [1.82, 2.24) is 10.3 Å². The van der Waals surface area contributed by atoms with Crippen molar-refractivity contribution < 1.29 is 4.39 Å². The average Bonchev–Trinajstić information content (AvgIpc) is 2.33. The molecule has 0 saturated carbocycles. The van der Waals surface area contributed by atoms with E-state index in [1.807, 2.05) is 13.1 Å². The minimum atomic E-state index is -0.259. The van der Waals surface area contributed by atoms with E-state index in [0.717, 1.165) is 11.1 Å². The van der Waals surface area contributed by atoms with Crippen LogP contribution in [0, 0.1) is 5.82 Å². The molecule has 4 heteroatoms. The summed E-state index contributed by atoms with van der Waals surface area (Å²) in [6, 6.07) is 8.03. The van der Waals surface area contributed by atoms with Gasteiger partial charge in [0.05, 0.1) is 6.04 Å². The van der Waals surface area contributed by atoms with Crippen molar-refractivity contribution in [3.05, 3.63) is 59.7 Å². The molecule has 1 unspecified atom stereocenters. The third kappa shape index (κ3) is 2.42. The SMILES string of the molecule is CNC(c1cccc(F)c1)c1cnccc1N. The highest BCUT2D eigenvalue weighted by atomic mass is 19.1. The second-order valence-corrected chi connectivity index (χ2v) is 3.78. The van der Waals surface area contributed by atoms with E-state index in [1.165, 1.54) is 12.1 Å². The minimum Gasteiger partial charge on any atom is -0.398 e. The molecule has 3 nitrogen and oxygen atoms in total. The Morgan fingerprint density at radius 2 is 2.18 bits per heavy atom. The Balaban J connectivity index is 2.44. The molecule has 0 radical (unpaired) electrons. The largest absolute Gasteiger partial charge is 0.398 e. The molecule has 88 valence electrons. The summed E-state index contributed by atoms with van der Waals surface area (Å²) in [5.74, 6) is -0.259. The molecule has 2 aromatic rings. The topological polar surface area (TPSA) is 50.9 Å². The van der Waals surface area contributed by atoms with Gasteiger partial charge in [-0.2, -0.15) is 0 Å². The molecule has 1 atom stereocenters. The van der Waals surface area contributed by atoms with Gasteiger partial charge in [0.2, 0.25) is 0 Å². The maximum atomic E-state index is 13.2. The Bertz CT molecular complexity index is 514. The molecule has 1 aromatic carbocycles. The van der Waals surface area contributed by atoms with Gasteiger partial charge in [0, 0.05) is 23.6 Å². The molecule has 1 aromatic heterocycles. The fourth-order valence-corrected chi connectivity index (χ4v) is 1.85. The lowest BCUT2D eigenvalue weighted by Gasteiger charge is -2.18. The van der Waals surface area contributed by atoms with Gasteiger partial charge in [-0.15, -0.1) is 0 Å². The van der Waals surface area contributed by atoms with Crippen molar-refractivity contribution in [2.45, 2.75) is 6.04 Å². The molecule has 0 amide bonds. The summed E-state index contributed by atoms with van der Waals surface area (Å²) in [5.41, 5.74) is 8.21. The highest BCUT2D eigenvalue weighted by Crippen LogP contribution is 2.25. The van der Waals surface area contributed by atoms with Crippen LogP contribution >= 0.6 is 0 Å². The zero-order valence-electron chi connectivity index (χ0n) is 9.52. The third-order valence-electron chi connectivity index (χ3n) is 2.67. The second kappa shape index (κ2) is 4.93. The molecular weight excluding hydrogens is 217 g/mol. The number of aromatic nitrogens is 1. The average molecular weight is 231 g/mol. The zero-order chi connectivity index (χ0) is 12.3. The number of nitrogens with one attached hydrogen (secondary N) is 1. The first kappa shape index (κ1) is 11.5. The number of benzene rings is 1. The van der Waals surface area contributed by atoms with Gasteiger partial charge in [-0.25, -0.2) is 4.39 Å². The molecule has 3 N–H and O–H groups in total. The maximum Gasteiger partial charge on any atom is 0.123 e. The van der Waals surface area contributed by atoms with Crippen molar-refractivity contribution in [2.24, 2.45) is 0 Å². The Hall–Kier alpha value is -1.94. The monoisotopic (exact) mass is 231 g/mol. The van der Waals surface area contributed by atoms with Crippen LogP contribution in [0.4, 0.5) is 10.1 Å². The van der Waals surface area contributed by atoms with Crippen LogP contribution in [0.5, 0.6) is 0 Å². The summed E-state index contributed by atoms with van der Waals surface area (Å²) in [4.78, 5) is 4.05. The highest BCUT2D eigenvalue weighted by molar-refractivity contribution is 5.49. The van der Waals surface area contributed by atoms with Gasteiger partial charge in [-0.1, -0.05) is 12.1 Å². The third-order valence-corrected chi connectivity index (χ3v) is 2.67. The number of hydrogen-bond acceptors (Lipinski definition) is 3. The highest BCUT2D eigenvalue weighted by Gasteiger charge is 2.15. The van der Waals surface area contributed by atoms with Gasteiger partial charge in [0.15, 0.2) is 0 Å². The zero-order valence-corrected chi connectivity index (χ0v) is 9.52. The molecular formula is C13H14FN3. The summed E-state index contributed by atoms with van der Waals surface area (Å²) in [6.07, 6.45) is 3.33. The molecule has 0 bridgehead atoms. The minimum absolute atomic E-state index is 0.153. The second-order valence-electron chi connectivity index (χ2n) is 3.78. The van der Waals surface area contributed by atoms with Crippen molar-refractivity contribution in [3.8, 4) is 0 Å². The molecule has 2 rings (SSSR count). The molecule has 17 heavy (non-hydrogen) atoms. The first-order chi connectivity index (χ1) is 8.22.